The highest BCUT2D eigenvalue weighted by Crippen LogP contribution is 2.58. The molecule has 1 spiro atoms. The van der Waals surface area contributed by atoms with Crippen LogP contribution in [0.4, 0.5) is 5.69 Å². The van der Waals surface area contributed by atoms with Crippen molar-refractivity contribution in [3.05, 3.63) is 94.0 Å². The van der Waals surface area contributed by atoms with Gasteiger partial charge >= 0.3 is 0 Å². The van der Waals surface area contributed by atoms with Crippen molar-refractivity contribution in [3.8, 4) is 5.75 Å². The normalized spacial score (nSPS) is 24.0. The number of nitrogens with zero attached hydrogens (tertiary/aromatic N) is 1. The molecule has 3 atom stereocenters. The lowest BCUT2D eigenvalue weighted by Crippen LogP contribution is -2.51. The van der Waals surface area contributed by atoms with Gasteiger partial charge in [-0.3, -0.25) is 19.2 Å². The lowest BCUT2D eigenvalue weighted by atomic mass is 9.77. The number of aryl methyl sites for hydroxylation is 1. The molecule has 0 radical (unpaired) electrons. The number of ether oxygens (including phenoxy) is 2. The Morgan fingerprint density at radius 3 is 2.14 bits per heavy atom. The fraction of sp³-hybridized carbons (Fsp3) is 0.214. The standard InChI is InChI=1S/C28H20ClNO6/c1-14-7-10-16(11-8-14)30-26(33)21-22(27(30)34)28(24(31)17-5-3-4-6-18(17)25(28)32)36-23(21)19-13-15(29)9-12-20(19)35-2/h3-13,21-23H,1-2H3/t21-,22+,23+/m1/s1. The first-order valence-electron chi connectivity index (χ1n) is 11.4. The molecule has 1 aliphatic carbocycles. The molecule has 0 bridgehead atoms. The van der Waals surface area contributed by atoms with Gasteiger partial charge in [-0.2, -0.15) is 0 Å². The number of halogens is 1. The van der Waals surface area contributed by atoms with Crippen LogP contribution in [0.5, 0.6) is 5.75 Å². The summed E-state index contributed by atoms with van der Waals surface area (Å²) >= 11 is 6.27. The van der Waals surface area contributed by atoms with Crippen LogP contribution in [0.25, 0.3) is 0 Å². The van der Waals surface area contributed by atoms with E-state index in [-0.39, 0.29) is 11.1 Å². The van der Waals surface area contributed by atoms with Gasteiger partial charge in [0.1, 0.15) is 11.9 Å². The number of Topliss-reactive ketones (excluding diaryl/α,β-unsaturated/α-hetero) is 2. The number of methoxy groups -OCH3 is 1. The molecule has 3 aromatic carbocycles. The van der Waals surface area contributed by atoms with E-state index in [9.17, 15) is 19.2 Å². The number of carbonyl (C=O) groups is 4. The van der Waals surface area contributed by atoms with Gasteiger partial charge in [-0.15, -0.1) is 0 Å². The predicted octanol–water partition coefficient (Wildman–Crippen LogP) is 4.35. The van der Waals surface area contributed by atoms with Crippen LogP contribution in [0.2, 0.25) is 5.02 Å². The summed E-state index contributed by atoms with van der Waals surface area (Å²) in [6.07, 6.45) is -1.11. The predicted molar refractivity (Wildman–Crippen MR) is 130 cm³/mol. The van der Waals surface area contributed by atoms with Crippen molar-refractivity contribution < 1.29 is 28.7 Å². The Labute approximate surface area is 211 Å². The Hall–Kier alpha value is -3.81. The second kappa shape index (κ2) is 7.85. The van der Waals surface area contributed by atoms with E-state index in [1.807, 2.05) is 6.92 Å². The maximum atomic E-state index is 13.9. The van der Waals surface area contributed by atoms with Crippen LogP contribution < -0.4 is 9.64 Å². The van der Waals surface area contributed by atoms with E-state index in [1.54, 1.807) is 54.6 Å². The summed E-state index contributed by atoms with van der Waals surface area (Å²) in [5.74, 6) is -4.53. The van der Waals surface area contributed by atoms with Gasteiger partial charge in [-0.1, -0.05) is 53.6 Å². The van der Waals surface area contributed by atoms with Crippen molar-refractivity contribution in [3.63, 3.8) is 0 Å². The Morgan fingerprint density at radius 2 is 1.53 bits per heavy atom. The van der Waals surface area contributed by atoms with Crippen molar-refractivity contribution in [2.45, 2.75) is 18.6 Å². The monoisotopic (exact) mass is 501 g/mol. The summed E-state index contributed by atoms with van der Waals surface area (Å²) in [6.45, 7) is 1.89. The molecule has 2 aliphatic heterocycles. The number of amides is 2. The van der Waals surface area contributed by atoms with Crippen LogP contribution in [0, 0.1) is 18.8 Å². The highest BCUT2D eigenvalue weighted by molar-refractivity contribution is 6.37. The highest BCUT2D eigenvalue weighted by Gasteiger charge is 2.75. The van der Waals surface area contributed by atoms with Gasteiger partial charge in [0, 0.05) is 21.7 Å². The van der Waals surface area contributed by atoms with Crippen LogP contribution in [0.15, 0.2) is 66.7 Å². The zero-order chi connectivity index (χ0) is 25.4. The minimum atomic E-state index is -2.15. The Morgan fingerprint density at radius 1 is 0.889 bits per heavy atom. The first-order chi connectivity index (χ1) is 17.3. The number of hydrogen-bond donors (Lipinski definition) is 0. The molecule has 7 nitrogen and oxygen atoms in total. The van der Waals surface area contributed by atoms with Crippen LogP contribution in [0.3, 0.4) is 0 Å². The molecule has 3 aliphatic rings. The maximum Gasteiger partial charge on any atom is 0.241 e. The minimum Gasteiger partial charge on any atom is -0.496 e. The third kappa shape index (κ3) is 2.84. The smallest absolute Gasteiger partial charge is 0.241 e. The molecule has 3 aromatic rings. The van der Waals surface area contributed by atoms with Crippen LogP contribution in [-0.2, 0) is 14.3 Å². The maximum absolute atomic E-state index is 13.9. The van der Waals surface area contributed by atoms with E-state index in [2.05, 4.69) is 0 Å². The van der Waals surface area contributed by atoms with E-state index < -0.39 is 46.9 Å². The third-order valence-corrected chi connectivity index (χ3v) is 7.54. The molecule has 2 fully saturated rings. The minimum absolute atomic E-state index is 0.175. The van der Waals surface area contributed by atoms with Gasteiger partial charge in [-0.05, 0) is 37.3 Å². The van der Waals surface area contributed by atoms with E-state index in [4.69, 9.17) is 21.1 Å². The summed E-state index contributed by atoms with van der Waals surface area (Å²) in [5, 5.41) is 0.353. The third-order valence-electron chi connectivity index (χ3n) is 7.31. The largest absolute Gasteiger partial charge is 0.496 e. The summed E-state index contributed by atoms with van der Waals surface area (Å²) in [4.78, 5) is 56.6. The van der Waals surface area contributed by atoms with E-state index in [0.717, 1.165) is 10.5 Å². The molecule has 2 saturated heterocycles. The van der Waals surface area contributed by atoms with E-state index in [0.29, 0.717) is 22.0 Å². The SMILES string of the molecule is COc1ccc(Cl)cc1[C@@H]1OC2(C(=O)c3ccccc3C2=O)[C@@H]2C(=O)N(c3ccc(C)cc3)C(=O)[C@H]21. The molecule has 0 aromatic heterocycles. The highest BCUT2D eigenvalue weighted by atomic mass is 35.5. The number of hydrogen-bond acceptors (Lipinski definition) is 6. The van der Waals surface area contributed by atoms with Gasteiger partial charge in [0.05, 0.1) is 24.6 Å². The van der Waals surface area contributed by atoms with Crippen molar-refractivity contribution in [1.82, 2.24) is 0 Å². The van der Waals surface area contributed by atoms with Crippen LogP contribution in [0.1, 0.15) is 37.9 Å². The number of carbonyl (C=O) groups excluding carboxylic acids is 4. The van der Waals surface area contributed by atoms with Crippen molar-refractivity contribution in [1.29, 1.82) is 0 Å². The molecule has 0 unspecified atom stereocenters. The molecular formula is C28H20ClNO6. The van der Waals surface area contributed by atoms with Gasteiger partial charge in [-0.25, -0.2) is 4.90 Å². The average molecular weight is 502 g/mol. The van der Waals surface area contributed by atoms with Gasteiger partial charge in [0.15, 0.2) is 0 Å². The summed E-state index contributed by atoms with van der Waals surface area (Å²) < 4.78 is 11.8. The van der Waals surface area contributed by atoms with E-state index in [1.165, 1.54) is 19.2 Å². The summed E-state index contributed by atoms with van der Waals surface area (Å²) in [6, 6.07) is 18.1. The number of fused-ring (bicyclic) bond motifs is 3. The number of benzene rings is 3. The fourth-order valence-corrected chi connectivity index (χ4v) is 5.86. The molecule has 36 heavy (non-hydrogen) atoms. The van der Waals surface area contributed by atoms with Gasteiger partial charge in [0.25, 0.3) is 0 Å². The van der Waals surface area contributed by atoms with Gasteiger partial charge in [0.2, 0.25) is 29.0 Å². The zero-order valence-corrected chi connectivity index (χ0v) is 20.1. The number of rotatable bonds is 3. The molecule has 0 N–H and O–H groups in total. The fourth-order valence-electron chi connectivity index (χ4n) is 5.68. The second-order valence-electron chi connectivity index (χ2n) is 9.22. The number of anilines is 1. The zero-order valence-electron chi connectivity index (χ0n) is 19.4. The van der Waals surface area contributed by atoms with Crippen molar-refractivity contribution in [2.75, 3.05) is 12.0 Å². The van der Waals surface area contributed by atoms with Crippen molar-refractivity contribution >= 4 is 40.7 Å². The second-order valence-corrected chi connectivity index (χ2v) is 9.65. The summed E-state index contributed by atoms with van der Waals surface area (Å²) in [7, 11) is 1.46. The molecular weight excluding hydrogens is 482 g/mol. The number of ketones is 2. The molecule has 2 heterocycles. The number of imide groups is 1. The molecule has 8 heteroatoms. The Kier molecular flexibility index (Phi) is 4.94. The molecule has 6 rings (SSSR count). The molecule has 2 amide bonds. The molecule has 0 saturated carbocycles. The lowest BCUT2D eigenvalue weighted by molar-refractivity contribution is -0.127. The first kappa shape index (κ1) is 22.6. The van der Waals surface area contributed by atoms with E-state index >= 15 is 0 Å². The van der Waals surface area contributed by atoms with Gasteiger partial charge < -0.3 is 9.47 Å². The van der Waals surface area contributed by atoms with Crippen LogP contribution in [-0.4, -0.2) is 36.1 Å². The van der Waals surface area contributed by atoms with Crippen LogP contribution >= 0.6 is 11.6 Å². The van der Waals surface area contributed by atoms with Crippen molar-refractivity contribution in [2.24, 2.45) is 11.8 Å². The summed E-state index contributed by atoms with van der Waals surface area (Å²) in [5.41, 5.74) is -0.0925. The average Bonchev–Trinajstić information content (AvgIpc) is 3.45. The molecule has 180 valence electrons. The Balaban J connectivity index is 1.57. The Bertz CT molecular complexity index is 1440. The lowest BCUT2D eigenvalue weighted by Gasteiger charge is -2.27. The first-order valence-corrected chi connectivity index (χ1v) is 11.8. The topological polar surface area (TPSA) is 90.0 Å². The quantitative estimate of drug-likeness (QED) is 0.391.